The molecule has 0 aliphatic heterocycles. The van der Waals surface area contributed by atoms with E-state index in [1.165, 1.54) is 7.69 Å². The molecule has 2 aromatic rings. The molecule has 0 saturated carbocycles. The number of aromatic nitrogens is 4. The Morgan fingerprint density at radius 3 is 1.47 bits per heavy atom. The van der Waals surface area contributed by atoms with Crippen molar-refractivity contribution in [3.8, 4) is 11.5 Å². The van der Waals surface area contributed by atoms with Gasteiger partial charge in [0.05, 0.1) is 24.8 Å². The summed E-state index contributed by atoms with van der Waals surface area (Å²) in [6.07, 6.45) is 6.25. The Bertz CT molecular complexity index is 429. The fourth-order valence-electron chi connectivity index (χ4n) is 1.02. The molecule has 0 fully saturated rings. The van der Waals surface area contributed by atoms with E-state index in [4.69, 9.17) is 9.31 Å². The molecule has 17 heavy (non-hydrogen) atoms. The molecule has 0 aliphatic carbocycles. The molecule has 0 aromatic carbocycles. The van der Waals surface area contributed by atoms with E-state index in [0.29, 0.717) is 23.1 Å². The van der Waals surface area contributed by atoms with Crippen molar-refractivity contribution in [2.45, 2.75) is 13.8 Å². The highest BCUT2D eigenvalue weighted by Crippen LogP contribution is 2.08. The second kappa shape index (κ2) is 5.24. The van der Waals surface area contributed by atoms with Gasteiger partial charge in [-0.25, -0.2) is 19.9 Å². The predicted molar refractivity (Wildman–Crippen MR) is 60.5 cm³/mol. The summed E-state index contributed by atoms with van der Waals surface area (Å²) >= 11 is 0. The van der Waals surface area contributed by atoms with Crippen LogP contribution in [0.15, 0.2) is 24.8 Å². The van der Waals surface area contributed by atoms with Gasteiger partial charge in [-0.15, -0.1) is 0 Å². The highest BCUT2D eigenvalue weighted by atomic mass is 16.6. The van der Waals surface area contributed by atoms with Gasteiger partial charge in [0.15, 0.2) is 0 Å². The van der Waals surface area contributed by atoms with Crippen LogP contribution in [-0.4, -0.2) is 27.6 Å². The molecule has 0 unspecified atom stereocenters. The molecular weight excluding hydrogens is 219 g/mol. The molecule has 6 nitrogen and oxygen atoms in total. The maximum absolute atomic E-state index is 5.17. The van der Waals surface area contributed by atoms with Crippen molar-refractivity contribution in [3.63, 3.8) is 0 Å². The summed E-state index contributed by atoms with van der Waals surface area (Å²) < 4.78 is 10.3. The minimum absolute atomic E-state index is 0.503. The molecule has 0 bridgehead atoms. The van der Waals surface area contributed by atoms with Gasteiger partial charge in [-0.3, -0.25) is 0 Å². The summed E-state index contributed by atoms with van der Waals surface area (Å²) in [5.74, 6) is 2.38. The molecule has 1 radical (unpaired) electrons. The molecular formula is C10H10BN4O2. The topological polar surface area (TPSA) is 70.0 Å². The van der Waals surface area contributed by atoms with E-state index < -0.39 is 0 Å². The molecule has 0 saturated heterocycles. The third kappa shape index (κ3) is 3.41. The number of nitrogens with zero attached hydrogens (tertiary/aromatic N) is 4. The van der Waals surface area contributed by atoms with Gasteiger partial charge in [0.1, 0.15) is 23.1 Å². The van der Waals surface area contributed by atoms with Gasteiger partial charge in [-0.2, -0.15) is 0 Å². The van der Waals surface area contributed by atoms with Crippen molar-refractivity contribution < 1.29 is 9.31 Å². The lowest BCUT2D eigenvalue weighted by atomic mass is 10.3. The summed E-state index contributed by atoms with van der Waals surface area (Å²) in [6, 6.07) is 0. The first-order valence-electron chi connectivity index (χ1n) is 4.96. The largest absolute Gasteiger partial charge is 0.658 e. The van der Waals surface area contributed by atoms with Gasteiger partial charge in [0, 0.05) is 0 Å². The van der Waals surface area contributed by atoms with Crippen LogP contribution in [-0.2, 0) is 0 Å². The molecule has 2 heterocycles. The molecule has 7 heteroatoms. The SMILES string of the molecule is Cc1ncc(O[B]Oc2cnc(C)nc2)cn1. The fourth-order valence-corrected chi connectivity index (χ4v) is 1.02. The van der Waals surface area contributed by atoms with Crippen molar-refractivity contribution in [2.75, 3.05) is 0 Å². The molecule has 2 rings (SSSR count). The van der Waals surface area contributed by atoms with Crippen molar-refractivity contribution in [2.24, 2.45) is 0 Å². The minimum atomic E-state index is 0.503. The van der Waals surface area contributed by atoms with Crippen LogP contribution in [0.2, 0.25) is 0 Å². The summed E-state index contributed by atoms with van der Waals surface area (Å²) in [4.78, 5) is 15.9. The molecule has 0 amide bonds. The number of hydrogen-bond donors (Lipinski definition) is 0. The molecule has 0 atom stereocenters. The Balaban J connectivity index is 1.83. The summed E-state index contributed by atoms with van der Waals surface area (Å²) in [5, 5.41) is 0. The van der Waals surface area contributed by atoms with Crippen LogP contribution in [0.1, 0.15) is 11.6 Å². The Hall–Kier alpha value is -2.18. The van der Waals surface area contributed by atoms with E-state index in [1.54, 1.807) is 38.6 Å². The van der Waals surface area contributed by atoms with Crippen molar-refractivity contribution >= 4 is 7.69 Å². The van der Waals surface area contributed by atoms with Crippen LogP contribution < -0.4 is 9.31 Å². The van der Waals surface area contributed by atoms with Gasteiger partial charge in [-0.05, 0) is 13.8 Å². The Kier molecular flexibility index (Phi) is 3.49. The van der Waals surface area contributed by atoms with Gasteiger partial charge in [0.25, 0.3) is 0 Å². The fraction of sp³-hybridized carbons (Fsp3) is 0.200. The van der Waals surface area contributed by atoms with Crippen molar-refractivity contribution in [3.05, 3.63) is 36.4 Å². The second-order valence-electron chi connectivity index (χ2n) is 3.26. The first-order chi connectivity index (χ1) is 8.24. The minimum Gasteiger partial charge on any atom is -0.524 e. The van der Waals surface area contributed by atoms with E-state index >= 15 is 0 Å². The van der Waals surface area contributed by atoms with E-state index in [2.05, 4.69) is 19.9 Å². The predicted octanol–water partition coefficient (Wildman–Crippen LogP) is 0.875. The zero-order chi connectivity index (χ0) is 12.1. The van der Waals surface area contributed by atoms with Gasteiger partial charge in [-0.1, -0.05) is 0 Å². The Labute approximate surface area is 99.4 Å². The third-order valence-electron chi connectivity index (χ3n) is 1.88. The van der Waals surface area contributed by atoms with Gasteiger partial charge in [0.2, 0.25) is 0 Å². The standard InChI is InChI=1S/C10H10BN4O2/c1-7-12-3-9(4-13-7)16-11-17-10-5-14-8(2)15-6-10/h3-6H,1-2H3. The monoisotopic (exact) mass is 229 g/mol. The molecule has 0 spiro atoms. The number of rotatable bonds is 4. The van der Waals surface area contributed by atoms with Crippen LogP contribution in [0.5, 0.6) is 11.5 Å². The van der Waals surface area contributed by atoms with Gasteiger partial charge < -0.3 is 9.31 Å². The lowest BCUT2D eigenvalue weighted by Gasteiger charge is -2.05. The first kappa shape index (κ1) is 11.3. The van der Waals surface area contributed by atoms with Crippen LogP contribution in [0.4, 0.5) is 0 Å². The number of hydrogen-bond acceptors (Lipinski definition) is 6. The van der Waals surface area contributed by atoms with E-state index in [-0.39, 0.29) is 0 Å². The third-order valence-corrected chi connectivity index (χ3v) is 1.88. The summed E-state index contributed by atoms with van der Waals surface area (Å²) in [7, 11) is 1.18. The number of aryl methyl sites for hydroxylation is 2. The van der Waals surface area contributed by atoms with Crippen LogP contribution in [0.3, 0.4) is 0 Å². The first-order valence-corrected chi connectivity index (χ1v) is 4.96. The Morgan fingerprint density at radius 2 is 1.12 bits per heavy atom. The highest BCUT2D eigenvalue weighted by Gasteiger charge is 2.02. The van der Waals surface area contributed by atoms with E-state index in [9.17, 15) is 0 Å². The molecule has 2 aromatic heterocycles. The Morgan fingerprint density at radius 1 is 0.765 bits per heavy atom. The van der Waals surface area contributed by atoms with Crippen LogP contribution in [0, 0.1) is 13.8 Å². The van der Waals surface area contributed by atoms with Gasteiger partial charge >= 0.3 is 7.69 Å². The average molecular weight is 229 g/mol. The lowest BCUT2D eigenvalue weighted by molar-refractivity contribution is 0.453. The normalized spacial score (nSPS) is 9.76. The molecule has 0 N–H and O–H groups in total. The van der Waals surface area contributed by atoms with E-state index in [1.807, 2.05) is 0 Å². The maximum Gasteiger partial charge on any atom is 0.658 e. The smallest absolute Gasteiger partial charge is 0.524 e. The van der Waals surface area contributed by atoms with Crippen LogP contribution >= 0.6 is 0 Å². The van der Waals surface area contributed by atoms with E-state index in [0.717, 1.165) is 0 Å². The zero-order valence-electron chi connectivity index (χ0n) is 9.49. The van der Waals surface area contributed by atoms with Crippen LogP contribution in [0.25, 0.3) is 0 Å². The second-order valence-corrected chi connectivity index (χ2v) is 3.26. The zero-order valence-corrected chi connectivity index (χ0v) is 9.49. The molecule has 0 aliphatic rings. The highest BCUT2D eigenvalue weighted by molar-refractivity contribution is 6.20. The maximum atomic E-state index is 5.17. The average Bonchev–Trinajstić information content (AvgIpc) is 2.34. The lowest BCUT2D eigenvalue weighted by Crippen LogP contribution is -2.11. The van der Waals surface area contributed by atoms with Crippen molar-refractivity contribution in [1.82, 2.24) is 19.9 Å². The summed E-state index contributed by atoms with van der Waals surface area (Å²) in [6.45, 7) is 3.60. The molecule has 85 valence electrons. The quantitative estimate of drug-likeness (QED) is 0.724. The van der Waals surface area contributed by atoms with Crippen molar-refractivity contribution in [1.29, 1.82) is 0 Å². The summed E-state index contributed by atoms with van der Waals surface area (Å²) in [5.41, 5.74) is 0.